The van der Waals surface area contributed by atoms with Crippen LogP contribution in [-0.2, 0) is 19.1 Å². The predicted molar refractivity (Wildman–Crippen MR) is 153 cm³/mol. The van der Waals surface area contributed by atoms with E-state index < -0.39 is 18.0 Å². The van der Waals surface area contributed by atoms with Crippen molar-refractivity contribution < 1.29 is 33.3 Å². The fourth-order valence-corrected chi connectivity index (χ4v) is 5.57. The highest BCUT2D eigenvalue weighted by Crippen LogP contribution is 2.36. The highest BCUT2D eigenvalue weighted by Gasteiger charge is 2.34. The third-order valence-corrected chi connectivity index (χ3v) is 7.37. The standard InChI is InChI=1S/C30H32N2O8S/c1-7-38-23-15-20(10-12-22(23)40-16-25(33)37-6)27-26(29(35)39-8-2)18(4)31-30-32(27)28(34)24(41-30)14-19-9-11-21(36-5)17(3)13-19/h9-15,27H,7-8,16H2,1-6H3/b24-14-/t27-/m1/s1. The molecule has 1 aliphatic rings. The SMILES string of the molecule is CCOC(=O)C1=C(C)N=c2s/c(=C\c3ccc(OC)c(C)c3)c(=O)n2[C@@H]1c1ccc(OCC(=O)OC)c(OCC)c1. The van der Waals surface area contributed by atoms with Crippen LogP contribution in [0.5, 0.6) is 17.2 Å². The van der Waals surface area contributed by atoms with Gasteiger partial charge >= 0.3 is 11.9 Å². The number of esters is 2. The molecular formula is C30H32N2O8S. The van der Waals surface area contributed by atoms with Crippen molar-refractivity contribution in [2.24, 2.45) is 4.99 Å². The first-order valence-electron chi connectivity index (χ1n) is 13.0. The number of aromatic nitrogens is 1. The number of fused-ring (bicyclic) bond motifs is 1. The molecule has 0 saturated carbocycles. The number of rotatable bonds is 10. The topological polar surface area (TPSA) is 115 Å². The van der Waals surface area contributed by atoms with Crippen LogP contribution in [0.4, 0.5) is 0 Å². The van der Waals surface area contributed by atoms with Crippen LogP contribution in [0.2, 0.25) is 0 Å². The van der Waals surface area contributed by atoms with E-state index >= 15 is 0 Å². The third-order valence-electron chi connectivity index (χ3n) is 6.39. The maximum atomic E-state index is 13.9. The number of hydrogen-bond donors (Lipinski definition) is 0. The van der Waals surface area contributed by atoms with Crippen LogP contribution in [-0.4, -0.2) is 50.5 Å². The van der Waals surface area contributed by atoms with Crippen molar-refractivity contribution in [1.82, 2.24) is 4.57 Å². The highest BCUT2D eigenvalue weighted by atomic mass is 32.1. The molecule has 0 unspecified atom stereocenters. The monoisotopic (exact) mass is 580 g/mol. The number of benzene rings is 2. The number of hydrogen-bond acceptors (Lipinski definition) is 10. The lowest BCUT2D eigenvalue weighted by molar-refractivity contribution is -0.143. The molecule has 1 aromatic heterocycles. The Balaban J connectivity index is 1.89. The zero-order valence-electron chi connectivity index (χ0n) is 23.8. The maximum absolute atomic E-state index is 13.9. The second-order valence-electron chi connectivity index (χ2n) is 9.04. The van der Waals surface area contributed by atoms with Crippen molar-refractivity contribution in [1.29, 1.82) is 0 Å². The average molecular weight is 581 g/mol. The molecule has 0 amide bonds. The molecule has 0 saturated heterocycles. The van der Waals surface area contributed by atoms with Gasteiger partial charge in [-0.2, -0.15) is 0 Å². The maximum Gasteiger partial charge on any atom is 0.343 e. The minimum atomic E-state index is -0.834. The fraction of sp³-hybridized carbons (Fsp3) is 0.333. The summed E-state index contributed by atoms with van der Waals surface area (Å²) >= 11 is 1.24. The van der Waals surface area contributed by atoms with Crippen molar-refractivity contribution in [3.05, 3.63) is 84.0 Å². The van der Waals surface area contributed by atoms with Crippen LogP contribution >= 0.6 is 11.3 Å². The molecule has 1 aliphatic heterocycles. The summed E-state index contributed by atoms with van der Waals surface area (Å²) in [5.41, 5.74) is 2.75. The molecule has 0 fully saturated rings. The summed E-state index contributed by atoms with van der Waals surface area (Å²) in [6.45, 7) is 7.37. The van der Waals surface area contributed by atoms with Gasteiger partial charge in [0.25, 0.3) is 5.56 Å². The van der Waals surface area contributed by atoms with Gasteiger partial charge in [0.1, 0.15) is 5.75 Å². The van der Waals surface area contributed by atoms with Crippen molar-refractivity contribution in [2.75, 3.05) is 34.0 Å². The number of methoxy groups -OCH3 is 2. The van der Waals surface area contributed by atoms with Crippen molar-refractivity contribution in [3.63, 3.8) is 0 Å². The number of carbonyl (C=O) groups excluding carboxylic acids is 2. The molecule has 1 atom stereocenters. The normalized spacial score (nSPS) is 14.7. The van der Waals surface area contributed by atoms with Gasteiger partial charge in [0.2, 0.25) is 0 Å². The Kier molecular flexibility index (Phi) is 9.28. The fourth-order valence-electron chi connectivity index (χ4n) is 4.53. The summed E-state index contributed by atoms with van der Waals surface area (Å²) in [6.07, 6.45) is 1.80. The van der Waals surface area contributed by atoms with E-state index in [1.807, 2.05) is 32.0 Å². The first-order chi connectivity index (χ1) is 19.7. The van der Waals surface area contributed by atoms with Crippen LogP contribution < -0.4 is 29.1 Å². The van der Waals surface area contributed by atoms with E-state index in [9.17, 15) is 14.4 Å². The lowest BCUT2D eigenvalue weighted by Crippen LogP contribution is -2.40. The molecule has 0 bridgehead atoms. The minimum Gasteiger partial charge on any atom is -0.496 e. The van der Waals surface area contributed by atoms with Gasteiger partial charge in [0.15, 0.2) is 22.9 Å². The lowest BCUT2D eigenvalue weighted by atomic mass is 9.95. The second kappa shape index (κ2) is 12.9. The molecule has 2 heterocycles. The van der Waals surface area contributed by atoms with E-state index in [0.717, 1.165) is 16.9 Å². The van der Waals surface area contributed by atoms with E-state index in [1.54, 1.807) is 45.2 Å². The Morgan fingerprint density at radius 2 is 1.76 bits per heavy atom. The Morgan fingerprint density at radius 1 is 1.00 bits per heavy atom. The van der Waals surface area contributed by atoms with Crippen molar-refractivity contribution in [2.45, 2.75) is 33.7 Å². The van der Waals surface area contributed by atoms with Crippen LogP contribution in [0, 0.1) is 6.92 Å². The number of ether oxygens (including phenoxy) is 5. The van der Waals surface area contributed by atoms with Gasteiger partial charge in [-0.15, -0.1) is 0 Å². The Labute approximate surface area is 241 Å². The molecule has 10 nitrogen and oxygen atoms in total. The summed E-state index contributed by atoms with van der Waals surface area (Å²) in [6, 6.07) is 9.88. The van der Waals surface area contributed by atoms with E-state index in [1.165, 1.54) is 23.0 Å². The van der Waals surface area contributed by atoms with Crippen molar-refractivity contribution in [3.8, 4) is 17.2 Å². The number of aryl methyl sites for hydroxylation is 1. The number of nitrogens with zero attached hydrogens (tertiary/aromatic N) is 2. The van der Waals surface area contributed by atoms with E-state index in [-0.39, 0.29) is 24.3 Å². The van der Waals surface area contributed by atoms with Crippen molar-refractivity contribution >= 4 is 29.4 Å². The zero-order chi connectivity index (χ0) is 29.7. The van der Waals surface area contributed by atoms with Gasteiger partial charge in [-0.1, -0.05) is 23.5 Å². The predicted octanol–water partition coefficient (Wildman–Crippen LogP) is 3.07. The van der Waals surface area contributed by atoms with E-state index in [4.69, 9.17) is 18.9 Å². The molecule has 0 radical (unpaired) electrons. The van der Waals surface area contributed by atoms with Gasteiger partial charge in [0.05, 0.1) is 49.3 Å². The lowest BCUT2D eigenvalue weighted by Gasteiger charge is -2.25. The van der Waals surface area contributed by atoms with Gasteiger partial charge in [-0.25, -0.2) is 14.6 Å². The summed E-state index contributed by atoms with van der Waals surface area (Å²) < 4.78 is 28.8. The first kappa shape index (κ1) is 29.6. The zero-order valence-corrected chi connectivity index (χ0v) is 24.6. The second-order valence-corrected chi connectivity index (χ2v) is 10.0. The van der Waals surface area contributed by atoms with E-state index in [2.05, 4.69) is 9.73 Å². The summed E-state index contributed by atoms with van der Waals surface area (Å²) in [5, 5.41) is 0. The smallest absolute Gasteiger partial charge is 0.343 e. The van der Waals surface area contributed by atoms with Crippen LogP contribution in [0.25, 0.3) is 6.08 Å². The Bertz CT molecular complexity index is 1690. The van der Waals surface area contributed by atoms with Gasteiger partial charge in [0, 0.05) is 0 Å². The molecule has 0 N–H and O–H groups in total. The third kappa shape index (κ3) is 6.19. The molecule has 216 valence electrons. The van der Waals surface area contributed by atoms with Crippen LogP contribution in [0.1, 0.15) is 43.5 Å². The molecule has 41 heavy (non-hydrogen) atoms. The van der Waals surface area contributed by atoms with Crippen LogP contribution in [0.3, 0.4) is 0 Å². The summed E-state index contributed by atoms with van der Waals surface area (Å²) in [7, 11) is 2.88. The Hall–Kier alpha value is -4.38. The molecule has 0 spiro atoms. The summed E-state index contributed by atoms with van der Waals surface area (Å²) in [5.74, 6) is 0.313. The molecule has 4 rings (SSSR count). The molecular weight excluding hydrogens is 548 g/mol. The Morgan fingerprint density at radius 3 is 2.41 bits per heavy atom. The van der Waals surface area contributed by atoms with E-state index in [0.29, 0.717) is 38.7 Å². The quantitative estimate of drug-likeness (QED) is 0.336. The van der Waals surface area contributed by atoms with Gasteiger partial charge in [-0.05, 0) is 74.7 Å². The molecule has 0 aliphatic carbocycles. The number of carbonyl (C=O) groups is 2. The highest BCUT2D eigenvalue weighted by molar-refractivity contribution is 7.07. The first-order valence-corrected chi connectivity index (χ1v) is 13.8. The minimum absolute atomic E-state index is 0.161. The number of thiazole rings is 1. The summed E-state index contributed by atoms with van der Waals surface area (Å²) in [4.78, 5) is 43.8. The molecule has 3 aromatic rings. The van der Waals surface area contributed by atoms with Gasteiger partial charge < -0.3 is 23.7 Å². The molecule has 11 heteroatoms. The number of allylic oxidation sites excluding steroid dienone is 1. The molecule has 2 aromatic carbocycles. The largest absolute Gasteiger partial charge is 0.496 e. The van der Waals surface area contributed by atoms with Gasteiger partial charge in [-0.3, -0.25) is 9.36 Å². The average Bonchev–Trinajstić information content (AvgIpc) is 3.25. The van der Waals surface area contributed by atoms with Crippen LogP contribution in [0.15, 0.2) is 57.5 Å².